The van der Waals surface area contributed by atoms with E-state index in [1.165, 1.54) is 12.1 Å². The van der Waals surface area contributed by atoms with Crippen LogP contribution < -0.4 is 4.74 Å². The molecule has 1 heterocycles. The molecule has 3 rings (SSSR count). The molecule has 0 amide bonds. The fourth-order valence-electron chi connectivity index (χ4n) is 2.20. The van der Waals surface area contributed by atoms with E-state index in [1.807, 2.05) is 37.4 Å². The van der Waals surface area contributed by atoms with Gasteiger partial charge in [0, 0.05) is 12.6 Å². The fourth-order valence-corrected chi connectivity index (χ4v) is 2.20. The minimum Gasteiger partial charge on any atom is -0.484 e. The van der Waals surface area contributed by atoms with Crippen LogP contribution in [0.2, 0.25) is 0 Å². The molecule has 0 fully saturated rings. The van der Waals surface area contributed by atoms with Crippen LogP contribution in [0.1, 0.15) is 11.4 Å². The van der Waals surface area contributed by atoms with Crippen molar-refractivity contribution in [3.8, 4) is 23.2 Å². The van der Waals surface area contributed by atoms with Crippen molar-refractivity contribution in [2.45, 2.75) is 6.61 Å². The lowest BCUT2D eigenvalue weighted by Crippen LogP contribution is -2.05. The number of rotatable bonds is 4. The van der Waals surface area contributed by atoms with Crippen molar-refractivity contribution in [1.29, 1.82) is 5.26 Å². The van der Waals surface area contributed by atoms with Gasteiger partial charge in [-0.1, -0.05) is 36.4 Å². The molecule has 0 spiro atoms. The summed E-state index contributed by atoms with van der Waals surface area (Å²) >= 11 is 0. The second kappa shape index (κ2) is 6.28. The van der Waals surface area contributed by atoms with E-state index in [-0.39, 0.29) is 17.9 Å². The first-order valence-corrected chi connectivity index (χ1v) is 6.96. The molecular formula is C17H13FN4O. The molecule has 0 saturated heterocycles. The molecule has 0 saturated carbocycles. The Kier molecular flexibility index (Phi) is 4.02. The quantitative estimate of drug-likeness (QED) is 0.743. The lowest BCUT2D eigenvalue weighted by molar-refractivity contribution is 0.289. The third kappa shape index (κ3) is 2.90. The largest absolute Gasteiger partial charge is 0.484 e. The Bertz CT molecular complexity index is 868. The highest BCUT2D eigenvalue weighted by atomic mass is 19.1. The zero-order valence-electron chi connectivity index (χ0n) is 12.4. The number of nitrogens with zero attached hydrogens (tertiary/aromatic N) is 4. The summed E-state index contributed by atoms with van der Waals surface area (Å²) in [6, 6.07) is 15.7. The molecule has 2 aromatic carbocycles. The van der Waals surface area contributed by atoms with Crippen molar-refractivity contribution in [3.05, 3.63) is 65.7 Å². The van der Waals surface area contributed by atoms with Crippen molar-refractivity contribution in [1.82, 2.24) is 14.8 Å². The lowest BCUT2D eigenvalue weighted by atomic mass is 10.2. The maximum atomic E-state index is 13.5. The lowest BCUT2D eigenvalue weighted by Gasteiger charge is -2.08. The van der Waals surface area contributed by atoms with Gasteiger partial charge in [0.2, 0.25) is 0 Å². The Morgan fingerprint density at radius 3 is 2.65 bits per heavy atom. The molecule has 0 aliphatic carbocycles. The Balaban J connectivity index is 1.82. The average molecular weight is 308 g/mol. The highest BCUT2D eigenvalue weighted by Gasteiger charge is 2.13. The number of hydrogen-bond donors (Lipinski definition) is 0. The molecular weight excluding hydrogens is 295 g/mol. The highest BCUT2D eigenvalue weighted by Crippen LogP contribution is 2.22. The molecule has 0 radical (unpaired) electrons. The summed E-state index contributed by atoms with van der Waals surface area (Å²) in [5, 5.41) is 17.2. The third-order valence-electron chi connectivity index (χ3n) is 3.44. The van der Waals surface area contributed by atoms with E-state index in [9.17, 15) is 4.39 Å². The summed E-state index contributed by atoms with van der Waals surface area (Å²) in [6.45, 7) is 0.0917. The van der Waals surface area contributed by atoms with E-state index in [4.69, 9.17) is 10.00 Å². The molecule has 0 aliphatic heterocycles. The zero-order chi connectivity index (χ0) is 16.2. The molecule has 1 aromatic heterocycles. The third-order valence-corrected chi connectivity index (χ3v) is 3.44. The number of benzene rings is 2. The predicted octanol–water partition coefficient (Wildman–Crippen LogP) is 3.07. The summed E-state index contributed by atoms with van der Waals surface area (Å²) < 4.78 is 20.9. The monoisotopic (exact) mass is 308 g/mol. The zero-order valence-corrected chi connectivity index (χ0v) is 12.4. The van der Waals surface area contributed by atoms with Crippen molar-refractivity contribution in [3.63, 3.8) is 0 Å². The number of nitriles is 1. The second-order valence-electron chi connectivity index (χ2n) is 4.88. The molecule has 0 N–H and O–H groups in total. The summed E-state index contributed by atoms with van der Waals surface area (Å²) in [5.41, 5.74) is 0.829. The van der Waals surface area contributed by atoms with E-state index in [0.717, 1.165) is 5.56 Å². The molecule has 0 atom stereocenters. The van der Waals surface area contributed by atoms with Crippen LogP contribution in [0.5, 0.6) is 5.75 Å². The Morgan fingerprint density at radius 2 is 1.91 bits per heavy atom. The normalized spacial score (nSPS) is 10.3. The second-order valence-corrected chi connectivity index (χ2v) is 4.88. The summed E-state index contributed by atoms with van der Waals surface area (Å²) in [7, 11) is 1.83. The van der Waals surface area contributed by atoms with Gasteiger partial charge in [0.25, 0.3) is 0 Å². The van der Waals surface area contributed by atoms with Crippen LogP contribution in [0.3, 0.4) is 0 Å². The molecule has 5 nitrogen and oxygen atoms in total. The standard InChI is InChI=1S/C17H13FN4O/c1-22-16(20-21-17(22)12-6-3-2-4-7-12)11-23-15-9-5-8-14(18)13(15)10-19/h2-9H,11H2,1H3. The van der Waals surface area contributed by atoms with Gasteiger partial charge in [0.05, 0.1) is 0 Å². The Hall–Kier alpha value is -3.20. The molecule has 0 bridgehead atoms. The molecule has 23 heavy (non-hydrogen) atoms. The van der Waals surface area contributed by atoms with E-state index >= 15 is 0 Å². The average Bonchev–Trinajstić information content (AvgIpc) is 2.94. The number of ether oxygens (including phenoxy) is 1. The van der Waals surface area contributed by atoms with E-state index in [0.29, 0.717) is 11.6 Å². The van der Waals surface area contributed by atoms with E-state index in [1.54, 1.807) is 16.7 Å². The predicted molar refractivity (Wildman–Crippen MR) is 81.9 cm³/mol. The number of hydrogen-bond acceptors (Lipinski definition) is 4. The SMILES string of the molecule is Cn1c(COc2cccc(F)c2C#N)nnc1-c1ccccc1. The number of halogens is 1. The minimum absolute atomic E-state index is 0.0917. The maximum absolute atomic E-state index is 13.5. The van der Waals surface area contributed by atoms with Crippen molar-refractivity contribution in [2.24, 2.45) is 7.05 Å². The molecule has 0 unspecified atom stereocenters. The molecule has 114 valence electrons. The Labute approximate surface area is 132 Å². The van der Waals surface area contributed by atoms with Crippen LogP contribution in [0.15, 0.2) is 48.5 Å². The van der Waals surface area contributed by atoms with Gasteiger partial charge >= 0.3 is 0 Å². The first-order chi connectivity index (χ1) is 11.2. The van der Waals surface area contributed by atoms with Gasteiger partial charge in [-0.05, 0) is 12.1 Å². The van der Waals surface area contributed by atoms with Gasteiger partial charge in [-0.3, -0.25) is 0 Å². The van der Waals surface area contributed by atoms with Gasteiger partial charge in [-0.25, -0.2) is 4.39 Å². The van der Waals surface area contributed by atoms with Crippen molar-refractivity contribution < 1.29 is 9.13 Å². The van der Waals surface area contributed by atoms with Crippen molar-refractivity contribution in [2.75, 3.05) is 0 Å². The van der Waals surface area contributed by atoms with Crippen molar-refractivity contribution >= 4 is 0 Å². The van der Waals surface area contributed by atoms with Crippen LogP contribution in [0.4, 0.5) is 4.39 Å². The molecule has 0 aliphatic rings. The molecule has 3 aromatic rings. The van der Waals surface area contributed by atoms with Crippen LogP contribution in [0, 0.1) is 17.1 Å². The smallest absolute Gasteiger partial charge is 0.171 e. The van der Waals surface area contributed by atoms with Crippen LogP contribution in [-0.2, 0) is 13.7 Å². The maximum Gasteiger partial charge on any atom is 0.171 e. The molecule has 6 heteroatoms. The highest BCUT2D eigenvalue weighted by molar-refractivity contribution is 5.54. The van der Waals surface area contributed by atoms with Gasteiger partial charge in [0.15, 0.2) is 11.6 Å². The van der Waals surface area contributed by atoms with Crippen LogP contribution in [0.25, 0.3) is 11.4 Å². The van der Waals surface area contributed by atoms with Gasteiger partial charge < -0.3 is 9.30 Å². The minimum atomic E-state index is -0.604. The van der Waals surface area contributed by atoms with E-state index < -0.39 is 5.82 Å². The van der Waals surface area contributed by atoms with Gasteiger partial charge in [-0.15, -0.1) is 10.2 Å². The van der Waals surface area contributed by atoms with Crippen LogP contribution in [-0.4, -0.2) is 14.8 Å². The van der Waals surface area contributed by atoms with Crippen LogP contribution >= 0.6 is 0 Å². The first kappa shape index (κ1) is 14.7. The summed E-state index contributed by atoms with van der Waals surface area (Å²) in [5.74, 6) is 0.880. The van der Waals surface area contributed by atoms with E-state index in [2.05, 4.69) is 10.2 Å². The van der Waals surface area contributed by atoms with Gasteiger partial charge in [0.1, 0.15) is 29.8 Å². The summed E-state index contributed by atoms with van der Waals surface area (Å²) in [4.78, 5) is 0. The Morgan fingerprint density at radius 1 is 1.13 bits per heavy atom. The number of aromatic nitrogens is 3. The van der Waals surface area contributed by atoms with Gasteiger partial charge in [-0.2, -0.15) is 5.26 Å². The first-order valence-electron chi connectivity index (χ1n) is 6.96. The summed E-state index contributed by atoms with van der Waals surface area (Å²) in [6.07, 6.45) is 0. The fraction of sp³-hybridized carbons (Fsp3) is 0.118. The topological polar surface area (TPSA) is 63.7 Å².